The van der Waals surface area contributed by atoms with E-state index in [1.54, 1.807) is 13.1 Å². The smallest absolute Gasteiger partial charge is 0.188 e. The van der Waals surface area contributed by atoms with Crippen molar-refractivity contribution in [2.75, 3.05) is 13.6 Å². The van der Waals surface area contributed by atoms with Gasteiger partial charge in [0.2, 0.25) is 0 Å². The van der Waals surface area contributed by atoms with Crippen LogP contribution in [0.25, 0.3) is 0 Å². The van der Waals surface area contributed by atoms with Gasteiger partial charge in [-0.15, -0.1) is 0 Å². The zero-order valence-electron chi connectivity index (χ0n) is 9.05. The molecule has 82 valence electrons. The molecule has 1 aromatic carbocycles. The van der Waals surface area contributed by atoms with E-state index < -0.39 is 0 Å². The third-order valence-electron chi connectivity index (χ3n) is 2.25. The van der Waals surface area contributed by atoms with Crippen molar-refractivity contribution in [3.63, 3.8) is 0 Å². The standard InChI is InChI=1S/C11H16FN3/c1-8-7-10(12)4-3-9(8)5-6-15-11(13)14-2/h3-4,7H,5-6H2,1-2H3,(H3,13,14,15). The quantitative estimate of drug-likeness (QED) is 0.580. The van der Waals surface area contributed by atoms with Crippen molar-refractivity contribution in [2.24, 2.45) is 10.7 Å². The third kappa shape index (κ3) is 3.58. The largest absolute Gasteiger partial charge is 0.370 e. The minimum atomic E-state index is -0.196. The average Bonchev–Trinajstić information content (AvgIpc) is 2.21. The molecule has 0 saturated carbocycles. The SMILES string of the molecule is CN=C(N)NCCc1ccc(F)cc1C. The monoisotopic (exact) mass is 209 g/mol. The molecule has 1 rings (SSSR count). The van der Waals surface area contributed by atoms with Gasteiger partial charge in [-0.05, 0) is 36.6 Å². The summed E-state index contributed by atoms with van der Waals surface area (Å²) >= 11 is 0. The van der Waals surface area contributed by atoms with Gasteiger partial charge in [-0.3, -0.25) is 4.99 Å². The predicted molar refractivity (Wildman–Crippen MR) is 60.4 cm³/mol. The predicted octanol–water partition coefficient (Wildman–Crippen LogP) is 1.21. The number of guanidine groups is 1. The molecule has 0 unspecified atom stereocenters. The molecule has 0 aliphatic heterocycles. The maximum atomic E-state index is 12.8. The zero-order valence-corrected chi connectivity index (χ0v) is 9.05. The number of hydrogen-bond acceptors (Lipinski definition) is 1. The van der Waals surface area contributed by atoms with Gasteiger partial charge >= 0.3 is 0 Å². The first kappa shape index (κ1) is 11.5. The molecule has 0 saturated heterocycles. The summed E-state index contributed by atoms with van der Waals surface area (Å²) in [7, 11) is 1.63. The normalized spacial score (nSPS) is 11.5. The van der Waals surface area contributed by atoms with E-state index in [-0.39, 0.29) is 5.82 Å². The fourth-order valence-electron chi connectivity index (χ4n) is 1.34. The van der Waals surface area contributed by atoms with Crippen molar-refractivity contribution in [1.82, 2.24) is 5.32 Å². The summed E-state index contributed by atoms with van der Waals surface area (Å²) in [5, 5.41) is 2.96. The number of rotatable bonds is 3. The first-order valence-electron chi connectivity index (χ1n) is 4.84. The van der Waals surface area contributed by atoms with Crippen molar-refractivity contribution in [3.8, 4) is 0 Å². The number of aliphatic imine (C=N–C) groups is 1. The summed E-state index contributed by atoms with van der Waals surface area (Å²) in [5.41, 5.74) is 7.56. The molecule has 0 aliphatic rings. The van der Waals surface area contributed by atoms with Gasteiger partial charge in [-0.2, -0.15) is 0 Å². The second-order valence-electron chi connectivity index (χ2n) is 3.36. The van der Waals surface area contributed by atoms with Crippen LogP contribution < -0.4 is 11.1 Å². The fraction of sp³-hybridized carbons (Fsp3) is 0.364. The lowest BCUT2D eigenvalue weighted by Gasteiger charge is -2.07. The molecule has 0 amide bonds. The molecule has 0 radical (unpaired) electrons. The van der Waals surface area contributed by atoms with Crippen LogP contribution >= 0.6 is 0 Å². The van der Waals surface area contributed by atoms with Gasteiger partial charge in [0.1, 0.15) is 5.82 Å². The van der Waals surface area contributed by atoms with Crippen LogP contribution in [0.15, 0.2) is 23.2 Å². The summed E-state index contributed by atoms with van der Waals surface area (Å²) in [6.07, 6.45) is 0.808. The highest BCUT2D eigenvalue weighted by Gasteiger charge is 1.99. The number of benzene rings is 1. The molecule has 3 nitrogen and oxygen atoms in total. The highest BCUT2D eigenvalue weighted by Crippen LogP contribution is 2.10. The van der Waals surface area contributed by atoms with Crippen LogP contribution in [-0.2, 0) is 6.42 Å². The lowest BCUT2D eigenvalue weighted by molar-refractivity contribution is 0.625. The third-order valence-corrected chi connectivity index (χ3v) is 2.25. The van der Waals surface area contributed by atoms with Crippen molar-refractivity contribution in [2.45, 2.75) is 13.3 Å². The summed E-state index contributed by atoms with van der Waals surface area (Å²) < 4.78 is 12.8. The zero-order chi connectivity index (χ0) is 11.3. The summed E-state index contributed by atoms with van der Waals surface area (Å²) in [5.74, 6) is 0.230. The minimum Gasteiger partial charge on any atom is -0.370 e. The van der Waals surface area contributed by atoms with Gasteiger partial charge < -0.3 is 11.1 Å². The number of nitrogens with zero attached hydrogens (tertiary/aromatic N) is 1. The Morgan fingerprint density at radius 3 is 2.87 bits per heavy atom. The van der Waals surface area contributed by atoms with E-state index in [9.17, 15) is 4.39 Å². The van der Waals surface area contributed by atoms with E-state index in [1.165, 1.54) is 12.1 Å². The molecule has 0 aromatic heterocycles. The summed E-state index contributed by atoms with van der Waals surface area (Å²) in [6.45, 7) is 2.60. The molecule has 15 heavy (non-hydrogen) atoms. The Balaban J connectivity index is 2.51. The Hall–Kier alpha value is -1.58. The number of aryl methyl sites for hydroxylation is 1. The van der Waals surface area contributed by atoms with E-state index in [2.05, 4.69) is 10.3 Å². The van der Waals surface area contributed by atoms with Gasteiger partial charge in [-0.25, -0.2) is 4.39 Å². The van der Waals surface area contributed by atoms with Crippen molar-refractivity contribution in [1.29, 1.82) is 0 Å². The first-order chi connectivity index (χ1) is 7.13. The van der Waals surface area contributed by atoms with E-state index in [1.807, 2.05) is 6.92 Å². The highest BCUT2D eigenvalue weighted by molar-refractivity contribution is 5.77. The molecule has 0 bridgehead atoms. The molecular formula is C11H16FN3. The molecule has 3 N–H and O–H groups in total. The molecule has 0 heterocycles. The van der Waals surface area contributed by atoms with Crippen LogP contribution in [0.3, 0.4) is 0 Å². The number of halogens is 1. The lowest BCUT2D eigenvalue weighted by atomic mass is 10.1. The van der Waals surface area contributed by atoms with Crippen molar-refractivity contribution >= 4 is 5.96 Å². The second kappa shape index (κ2) is 5.34. The fourth-order valence-corrected chi connectivity index (χ4v) is 1.34. The second-order valence-corrected chi connectivity index (χ2v) is 3.36. The molecular weight excluding hydrogens is 193 g/mol. The van der Waals surface area contributed by atoms with Gasteiger partial charge in [0.05, 0.1) is 0 Å². The van der Waals surface area contributed by atoms with Gasteiger partial charge in [-0.1, -0.05) is 6.07 Å². The van der Waals surface area contributed by atoms with E-state index in [0.717, 1.165) is 17.5 Å². The first-order valence-corrected chi connectivity index (χ1v) is 4.84. The highest BCUT2D eigenvalue weighted by atomic mass is 19.1. The van der Waals surface area contributed by atoms with Crippen LogP contribution in [0.4, 0.5) is 4.39 Å². The van der Waals surface area contributed by atoms with Gasteiger partial charge in [0.25, 0.3) is 0 Å². The van der Waals surface area contributed by atoms with E-state index in [0.29, 0.717) is 12.5 Å². The van der Waals surface area contributed by atoms with Crippen LogP contribution in [-0.4, -0.2) is 19.6 Å². The average molecular weight is 209 g/mol. The topological polar surface area (TPSA) is 50.4 Å². The Morgan fingerprint density at radius 2 is 2.27 bits per heavy atom. The van der Waals surface area contributed by atoms with Crippen LogP contribution in [0, 0.1) is 12.7 Å². The number of hydrogen-bond donors (Lipinski definition) is 2. The number of nitrogens with one attached hydrogen (secondary N) is 1. The Bertz CT molecular complexity index is 361. The summed E-state index contributed by atoms with van der Waals surface area (Å²) in [4.78, 5) is 3.78. The molecule has 0 atom stereocenters. The Morgan fingerprint density at radius 1 is 1.53 bits per heavy atom. The lowest BCUT2D eigenvalue weighted by Crippen LogP contribution is -2.32. The van der Waals surface area contributed by atoms with Gasteiger partial charge in [0, 0.05) is 13.6 Å². The van der Waals surface area contributed by atoms with Crippen molar-refractivity contribution in [3.05, 3.63) is 35.1 Å². The maximum absolute atomic E-state index is 12.8. The molecule has 0 fully saturated rings. The van der Waals surface area contributed by atoms with Crippen LogP contribution in [0.1, 0.15) is 11.1 Å². The van der Waals surface area contributed by atoms with E-state index in [4.69, 9.17) is 5.73 Å². The van der Waals surface area contributed by atoms with Crippen LogP contribution in [0.2, 0.25) is 0 Å². The van der Waals surface area contributed by atoms with Gasteiger partial charge in [0.15, 0.2) is 5.96 Å². The Kier molecular flexibility index (Phi) is 4.09. The maximum Gasteiger partial charge on any atom is 0.188 e. The molecule has 4 heteroatoms. The van der Waals surface area contributed by atoms with Crippen molar-refractivity contribution < 1.29 is 4.39 Å². The molecule has 0 aliphatic carbocycles. The number of nitrogens with two attached hydrogens (primary N) is 1. The van der Waals surface area contributed by atoms with E-state index >= 15 is 0 Å². The summed E-state index contributed by atoms with van der Waals surface area (Å²) in [6, 6.07) is 4.80. The Labute approximate surface area is 89.2 Å². The molecule has 1 aromatic rings. The molecule has 0 spiro atoms. The minimum absolute atomic E-state index is 0.196. The van der Waals surface area contributed by atoms with Crippen LogP contribution in [0.5, 0.6) is 0 Å².